The standard InChI is InChI=1S/C16H21N3O2/c1-6-14-17-19(11(2)20)15(21)18(14)13-9-7-12(8-10-13)16(3,4)5/h7-10H,6H2,1-5H3. The van der Waals surface area contributed by atoms with E-state index in [4.69, 9.17) is 0 Å². The van der Waals surface area contributed by atoms with Crippen molar-refractivity contribution in [1.82, 2.24) is 14.3 Å². The van der Waals surface area contributed by atoms with E-state index in [1.807, 2.05) is 31.2 Å². The first-order chi connectivity index (χ1) is 9.75. The molecule has 21 heavy (non-hydrogen) atoms. The molecule has 112 valence electrons. The topological polar surface area (TPSA) is 56.9 Å². The molecule has 5 heteroatoms. The van der Waals surface area contributed by atoms with Crippen LogP contribution in [0.25, 0.3) is 5.69 Å². The molecular formula is C16H21N3O2. The van der Waals surface area contributed by atoms with Crippen molar-refractivity contribution in [3.05, 3.63) is 46.1 Å². The largest absolute Gasteiger partial charge is 0.357 e. The molecule has 0 N–H and O–H groups in total. The third kappa shape index (κ3) is 2.82. The fraction of sp³-hybridized carbons (Fsp3) is 0.438. The quantitative estimate of drug-likeness (QED) is 0.853. The zero-order valence-corrected chi connectivity index (χ0v) is 13.2. The summed E-state index contributed by atoms with van der Waals surface area (Å²) >= 11 is 0. The Bertz CT molecular complexity index is 715. The van der Waals surface area contributed by atoms with Crippen LogP contribution in [0, 0.1) is 0 Å². The molecule has 0 amide bonds. The number of hydrogen-bond acceptors (Lipinski definition) is 3. The van der Waals surface area contributed by atoms with E-state index in [-0.39, 0.29) is 11.3 Å². The van der Waals surface area contributed by atoms with E-state index >= 15 is 0 Å². The van der Waals surface area contributed by atoms with E-state index in [1.54, 1.807) is 0 Å². The van der Waals surface area contributed by atoms with Gasteiger partial charge >= 0.3 is 5.69 Å². The third-order valence-corrected chi connectivity index (χ3v) is 3.45. The fourth-order valence-electron chi connectivity index (χ4n) is 2.21. The summed E-state index contributed by atoms with van der Waals surface area (Å²) in [5.74, 6) is 0.207. The SMILES string of the molecule is CCc1nn(C(C)=O)c(=O)n1-c1ccc(C(C)(C)C)cc1. The summed E-state index contributed by atoms with van der Waals surface area (Å²) in [7, 11) is 0. The lowest BCUT2D eigenvalue weighted by atomic mass is 9.87. The average Bonchev–Trinajstić information content (AvgIpc) is 2.75. The molecular weight excluding hydrogens is 266 g/mol. The maximum atomic E-state index is 12.3. The summed E-state index contributed by atoms with van der Waals surface area (Å²) in [6.45, 7) is 9.66. The van der Waals surface area contributed by atoms with Gasteiger partial charge in [-0.25, -0.2) is 9.36 Å². The van der Waals surface area contributed by atoms with Gasteiger partial charge in [0.05, 0.1) is 5.69 Å². The van der Waals surface area contributed by atoms with Gasteiger partial charge in [-0.1, -0.05) is 39.8 Å². The van der Waals surface area contributed by atoms with Crippen LogP contribution in [-0.4, -0.2) is 20.3 Å². The van der Waals surface area contributed by atoms with Gasteiger partial charge in [-0.3, -0.25) is 4.79 Å². The van der Waals surface area contributed by atoms with E-state index in [9.17, 15) is 9.59 Å². The van der Waals surface area contributed by atoms with E-state index < -0.39 is 5.69 Å². The Morgan fingerprint density at radius 3 is 2.19 bits per heavy atom. The number of aromatic nitrogens is 3. The lowest BCUT2D eigenvalue weighted by Gasteiger charge is -2.19. The summed E-state index contributed by atoms with van der Waals surface area (Å²) < 4.78 is 2.41. The molecule has 0 unspecified atom stereocenters. The lowest BCUT2D eigenvalue weighted by Crippen LogP contribution is -2.27. The van der Waals surface area contributed by atoms with E-state index in [2.05, 4.69) is 25.9 Å². The van der Waals surface area contributed by atoms with Gasteiger partial charge in [0.1, 0.15) is 5.82 Å². The Labute approximate surface area is 124 Å². The monoisotopic (exact) mass is 287 g/mol. The molecule has 0 radical (unpaired) electrons. The van der Waals surface area contributed by atoms with Gasteiger partial charge in [-0.15, -0.1) is 9.78 Å². The van der Waals surface area contributed by atoms with Gasteiger partial charge in [-0.2, -0.15) is 0 Å². The average molecular weight is 287 g/mol. The van der Waals surface area contributed by atoms with Gasteiger partial charge in [-0.05, 0) is 23.1 Å². The molecule has 5 nitrogen and oxygen atoms in total. The normalized spacial score (nSPS) is 11.7. The molecule has 0 aliphatic carbocycles. The minimum absolute atomic E-state index is 0.0562. The zero-order valence-electron chi connectivity index (χ0n) is 13.2. The molecule has 1 aromatic carbocycles. The van der Waals surface area contributed by atoms with Crippen LogP contribution in [0.3, 0.4) is 0 Å². The second-order valence-corrected chi connectivity index (χ2v) is 6.12. The fourth-order valence-corrected chi connectivity index (χ4v) is 2.21. The van der Waals surface area contributed by atoms with Gasteiger partial charge in [0.25, 0.3) is 0 Å². The first-order valence-electron chi connectivity index (χ1n) is 7.08. The van der Waals surface area contributed by atoms with Crippen molar-refractivity contribution in [2.45, 2.75) is 46.5 Å². The van der Waals surface area contributed by atoms with Gasteiger partial charge < -0.3 is 0 Å². The molecule has 0 saturated carbocycles. The van der Waals surface area contributed by atoms with E-state index in [0.717, 1.165) is 10.4 Å². The molecule has 2 aromatic rings. The molecule has 0 aliphatic heterocycles. The number of nitrogens with zero attached hydrogens (tertiary/aromatic N) is 3. The maximum Gasteiger partial charge on any atom is 0.357 e. The van der Waals surface area contributed by atoms with Gasteiger partial charge in [0.15, 0.2) is 0 Å². The second kappa shape index (κ2) is 5.31. The number of rotatable bonds is 2. The number of benzene rings is 1. The van der Waals surface area contributed by atoms with Crippen LogP contribution in [0.4, 0.5) is 0 Å². The summed E-state index contributed by atoms with van der Waals surface area (Å²) in [6, 6.07) is 7.80. The highest BCUT2D eigenvalue weighted by Gasteiger charge is 2.17. The molecule has 0 atom stereocenters. The van der Waals surface area contributed by atoms with Crippen LogP contribution in [0.5, 0.6) is 0 Å². The number of aryl methyl sites for hydroxylation is 1. The molecule has 0 aliphatic rings. The van der Waals surface area contributed by atoms with Crippen LogP contribution in [0.15, 0.2) is 29.1 Å². The minimum atomic E-state index is -0.414. The number of hydrogen-bond donors (Lipinski definition) is 0. The van der Waals surface area contributed by atoms with Crippen molar-refractivity contribution < 1.29 is 4.79 Å². The highest BCUT2D eigenvalue weighted by Crippen LogP contribution is 2.23. The van der Waals surface area contributed by atoms with Gasteiger partial charge in [0.2, 0.25) is 5.91 Å². The molecule has 0 bridgehead atoms. The lowest BCUT2D eigenvalue weighted by molar-refractivity contribution is 0.0916. The predicted molar refractivity (Wildman–Crippen MR) is 82.2 cm³/mol. The van der Waals surface area contributed by atoms with Crippen molar-refractivity contribution in [1.29, 1.82) is 0 Å². The Hall–Kier alpha value is -2.17. The summed E-state index contributed by atoms with van der Waals surface area (Å²) in [5, 5.41) is 4.09. The molecule has 0 spiro atoms. The number of carbonyl (C=O) groups is 1. The maximum absolute atomic E-state index is 12.3. The van der Waals surface area contributed by atoms with Crippen LogP contribution < -0.4 is 5.69 Å². The van der Waals surface area contributed by atoms with Crippen molar-refractivity contribution in [3.8, 4) is 5.69 Å². The summed E-state index contributed by atoms with van der Waals surface area (Å²) in [6.07, 6.45) is 0.580. The zero-order chi connectivity index (χ0) is 15.8. The molecule has 0 fully saturated rings. The third-order valence-electron chi connectivity index (χ3n) is 3.45. The Morgan fingerprint density at radius 2 is 1.76 bits per heavy atom. The molecule has 0 saturated heterocycles. The van der Waals surface area contributed by atoms with Crippen molar-refractivity contribution in [3.63, 3.8) is 0 Å². The van der Waals surface area contributed by atoms with Crippen molar-refractivity contribution >= 4 is 5.91 Å². The van der Waals surface area contributed by atoms with Crippen molar-refractivity contribution in [2.75, 3.05) is 0 Å². The Morgan fingerprint density at radius 1 is 1.19 bits per heavy atom. The highest BCUT2D eigenvalue weighted by molar-refractivity contribution is 5.74. The van der Waals surface area contributed by atoms with Crippen molar-refractivity contribution in [2.24, 2.45) is 0 Å². The molecule has 2 rings (SSSR count). The van der Waals surface area contributed by atoms with Crippen LogP contribution in [0.1, 0.15) is 50.8 Å². The second-order valence-electron chi connectivity index (χ2n) is 6.12. The first-order valence-corrected chi connectivity index (χ1v) is 7.08. The molecule has 1 aromatic heterocycles. The van der Waals surface area contributed by atoms with Crippen LogP contribution in [-0.2, 0) is 11.8 Å². The van der Waals surface area contributed by atoms with Crippen LogP contribution in [0.2, 0.25) is 0 Å². The Balaban J connectivity index is 2.57. The van der Waals surface area contributed by atoms with Gasteiger partial charge in [0, 0.05) is 13.3 Å². The van der Waals surface area contributed by atoms with E-state index in [1.165, 1.54) is 17.1 Å². The summed E-state index contributed by atoms with van der Waals surface area (Å²) in [5.41, 5.74) is 1.57. The summed E-state index contributed by atoms with van der Waals surface area (Å²) in [4.78, 5) is 23.8. The molecule has 1 heterocycles. The van der Waals surface area contributed by atoms with E-state index in [0.29, 0.717) is 12.2 Å². The highest BCUT2D eigenvalue weighted by atomic mass is 16.2. The minimum Gasteiger partial charge on any atom is -0.273 e. The predicted octanol–water partition coefficient (Wildman–Crippen LogP) is 2.55. The first kappa shape index (κ1) is 15.2. The number of carbonyl (C=O) groups excluding carboxylic acids is 1. The van der Waals surface area contributed by atoms with Crippen LogP contribution >= 0.6 is 0 Å². The smallest absolute Gasteiger partial charge is 0.273 e. The Kier molecular flexibility index (Phi) is 3.85.